The van der Waals surface area contributed by atoms with Crippen LogP contribution in [0.3, 0.4) is 0 Å². The number of nitrogens with zero attached hydrogens (tertiary/aromatic N) is 1. The van der Waals surface area contributed by atoms with Crippen molar-refractivity contribution in [1.82, 2.24) is 4.57 Å². The molecule has 1 heteroatoms. The quantitative estimate of drug-likeness (QED) is 0.187. The van der Waals surface area contributed by atoms with E-state index in [2.05, 4.69) is 168 Å². The molecule has 1 aliphatic carbocycles. The Kier molecular flexibility index (Phi) is 5.06. The van der Waals surface area contributed by atoms with E-state index >= 15 is 0 Å². The second-order valence-corrected chi connectivity index (χ2v) is 12.0. The highest BCUT2D eigenvalue weighted by atomic mass is 15.0. The van der Waals surface area contributed by atoms with Crippen molar-refractivity contribution in [3.8, 4) is 50.2 Å². The Hall–Kier alpha value is -5.92. The molecule has 0 radical (unpaired) electrons. The standard InChI is InChI=1S/C44H27N/c1-2-13-28(14-3-1)31-17-4-5-18-32(31)29-15-10-16-30(27-29)45-40-26-12-25-38-34-20-7-6-19-33(34)36-23-11-24-37-35-21-8-9-22-39(35)44(45)43(41(36)37)42(38)40/h1-27H. The van der Waals surface area contributed by atoms with Gasteiger partial charge in [0.2, 0.25) is 0 Å². The first-order valence-corrected chi connectivity index (χ1v) is 15.6. The SMILES string of the molecule is c1ccc(-c2ccccc2-c2cccc(-n3c4cccc5c4c4c6c(cccc6c6ccccc6c43)-c3ccccc3-5)c2)cc1. The second-order valence-electron chi connectivity index (χ2n) is 12.0. The van der Waals surface area contributed by atoms with E-state index in [1.807, 2.05) is 0 Å². The normalized spacial score (nSPS) is 12.0. The van der Waals surface area contributed by atoms with Crippen LogP contribution >= 0.6 is 0 Å². The van der Waals surface area contributed by atoms with Crippen molar-refractivity contribution in [3.63, 3.8) is 0 Å². The van der Waals surface area contributed by atoms with E-state index in [9.17, 15) is 0 Å². The summed E-state index contributed by atoms with van der Waals surface area (Å²) in [5, 5.41) is 7.90. The van der Waals surface area contributed by atoms with Gasteiger partial charge in [0.15, 0.2) is 0 Å². The highest BCUT2D eigenvalue weighted by molar-refractivity contribution is 6.37. The summed E-state index contributed by atoms with van der Waals surface area (Å²) in [6, 6.07) is 60.1. The molecule has 0 saturated heterocycles. The van der Waals surface area contributed by atoms with Crippen molar-refractivity contribution in [2.75, 3.05) is 0 Å². The lowest BCUT2D eigenvalue weighted by Crippen LogP contribution is -1.97. The third-order valence-electron chi connectivity index (χ3n) is 9.72. The van der Waals surface area contributed by atoms with E-state index in [-0.39, 0.29) is 0 Å². The second kappa shape index (κ2) is 9.29. The highest BCUT2D eigenvalue weighted by Gasteiger charge is 2.26. The van der Waals surface area contributed by atoms with Crippen LogP contribution in [0.2, 0.25) is 0 Å². The highest BCUT2D eigenvalue weighted by Crippen LogP contribution is 2.52. The third kappa shape index (κ3) is 3.38. The fourth-order valence-corrected chi connectivity index (χ4v) is 7.90. The van der Waals surface area contributed by atoms with Crippen molar-refractivity contribution in [3.05, 3.63) is 164 Å². The van der Waals surface area contributed by atoms with E-state index in [1.165, 1.54) is 93.5 Å². The van der Waals surface area contributed by atoms with Crippen LogP contribution < -0.4 is 0 Å². The maximum Gasteiger partial charge on any atom is 0.0626 e. The molecule has 208 valence electrons. The molecule has 0 aliphatic heterocycles. The summed E-state index contributed by atoms with van der Waals surface area (Å²) >= 11 is 0. The summed E-state index contributed by atoms with van der Waals surface area (Å²) in [7, 11) is 0. The van der Waals surface area contributed by atoms with Gasteiger partial charge in [-0.15, -0.1) is 0 Å². The Labute approximate surface area is 261 Å². The van der Waals surface area contributed by atoms with E-state index in [1.54, 1.807) is 0 Å². The molecule has 0 amide bonds. The fourth-order valence-electron chi connectivity index (χ4n) is 7.90. The molecule has 0 N–H and O–H groups in total. The lowest BCUT2D eigenvalue weighted by molar-refractivity contribution is 1.19. The van der Waals surface area contributed by atoms with Crippen molar-refractivity contribution >= 4 is 43.4 Å². The van der Waals surface area contributed by atoms with Crippen molar-refractivity contribution in [1.29, 1.82) is 0 Å². The van der Waals surface area contributed by atoms with Gasteiger partial charge in [-0.05, 0) is 73.5 Å². The van der Waals surface area contributed by atoms with Gasteiger partial charge in [0.1, 0.15) is 0 Å². The summed E-state index contributed by atoms with van der Waals surface area (Å²) in [5.41, 5.74) is 13.8. The molecule has 1 heterocycles. The van der Waals surface area contributed by atoms with Gasteiger partial charge >= 0.3 is 0 Å². The molecular weight excluding hydrogens is 542 g/mol. The predicted octanol–water partition coefficient (Wildman–Crippen LogP) is 12.1. The average molecular weight is 570 g/mol. The van der Waals surface area contributed by atoms with Crippen LogP contribution in [0.25, 0.3) is 93.5 Å². The van der Waals surface area contributed by atoms with Gasteiger partial charge in [0, 0.05) is 27.2 Å². The maximum absolute atomic E-state index is 2.52. The van der Waals surface area contributed by atoms with Crippen LogP contribution in [0.5, 0.6) is 0 Å². The molecule has 8 aromatic carbocycles. The molecule has 1 aromatic heterocycles. The van der Waals surface area contributed by atoms with Gasteiger partial charge in [-0.3, -0.25) is 0 Å². The molecule has 10 rings (SSSR count). The van der Waals surface area contributed by atoms with Gasteiger partial charge < -0.3 is 4.57 Å². The Bertz CT molecular complexity index is 2640. The van der Waals surface area contributed by atoms with E-state index in [0.29, 0.717) is 0 Å². The smallest absolute Gasteiger partial charge is 0.0626 e. The Morgan fingerprint density at radius 1 is 0.311 bits per heavy atom. The summed E-state index contributed by atoms with van der Waals surface area (Å²) in [5.74, 6) is 0. The van der Waals surface area contributed by atoms with E-state index in [0.717, 1.165) is 0 Å². The molecular formula is C44H27N. The molecule has 0 spiro atoms. The predicted molar refractivity (Wildman–Crippen MR) is 191 cm³/mol. The average Bonchev–Trinajstić information content (AvgIpc) is 3.41. The molecule has 0 fully saturated rings. The molecule has 9 aromatic rings. The fraction of sp³-hybridized carbons (Fsp3) is 0. The zero-order valence-corrected chi connectivity index (χ0v) is 24.5. The van der Waals surface area contributed by atoms with Crippen LogP contribution in [-0.4, -0.2) is 4.57 Å². The number of hydrogen-bond acceptors (Lipinski definition) is 0. The number of hydrogen-bond donors (Lipinski definition) is 0. The molecule has 0 atom stereocenters. The summed E-state index contributed by atoms with van der Waals surface area (Å²) in [6.45, 7) is 0. The van der Waals surface area contributed by atoms with Crippen LogP contribution in [0.4, 0.5) is 0 Å². The Morgan fingerprint density at radius 2 is 0.844 bits per heavy atom. The maximum atomic E-state index is 2.52. The number of aromatic nitrogens is 1. The van der Waals surface area contributed by atoms with Crippen molar-refractivity contribution in [2.45, 2.75) is 0 Å². The first-order chi connectivity index (χ1) is 22.4. The summed E-state index contributed by atoms with van der Waals surface area (Å²) in [4.78, 5) is 0. The van der Waals surface area contributed by atoms with Crippen molar-refractivity contribution < 1.29 is 0 Å². The zero-order valence-electron chi connectivity index (χ0n) is 24.5. The first kappa shape index (κ1) is 24.5. The summed E-state index contributed by atoms with van der Waals surface area (Å²) < 4.78 is 2.52. The van der Waals surface area contributed by atoms with Gasteiger partial charge in [-0.1, -0.05) is 146 Å². The lowest BCUT2D eigenvalue weighted by atomic mass is 9.91. The van der Waals surface area contributed by atoms with Crippen LogP contribution in [0, 0.1) is 0 Å². The molecule has 1 nitrogen and oxygen atoms in total. The van der Waals surface area contributed by atoms with Crippen LogP contribution in [-0.2, 0) is 0 Å². The van der Waals surface area contributed by atoms with Gasteiger partial charge in [0.25, 0.3) is 0 Å². The van der Waals surface area contributed by atoms with Gasteiger partial charge in [-0.25, -0.2) is 0 Å². The molecule has 45 heavy (non-hydrogen) atoms. The largest absolute Gasteiger partial charge is 0.309 e. The Morgan fingerprint density at radius 3 is 1.62 bits per heavy atom. The number of benzene rings is 8. The minimum atomic E-state index is 1.17. The Balaban J connectivity index is 1.37. The monoisotopic (exact) mass is 569 g/mol. The van der Waals surface area contributed by atoms with E-state index < -0.39 is 0 Å². The number of rotatable bonds is 3. The minimum Gasteiger partial charge on any atom is -0.309 e. The molecule has 0 unspecified atom stereocenters. The van der Waals surface area contributed by atoms with Crippen LogP contribution in [0.15, 0.2) is 164 Å². The minimum absolute atomic E-state index is 1.17. The van der Waals surface area contributed by atoms with Crippen molar-refractivity contribution in [2.24, 2.45) is 0 Å². The van der Waals surface area contributed by atoms with Gasteiger partial charge in [0.05, 0.1) is 11.0 Å². The third-order valence-corrected chi connectivity index (χ3v) is 9.72. The molecule has 0 bridgehead atoms. The number of fused-ring (bicyclic) bond motifs is 6. The first-order valence-electron chi connectivity index (χ1n) is 15.6. The molecule has 0 saturated carbocycles. The topological polar surface area (TPSA) is 4.93 Å². The zero-order chi connectivity index (χ0) is 29.5. The summed E-state index contributed by atoms with van der Waals surface area (Å²) in [6.07, 6.45) is 0. The van der Waals surface area contributed by atoms with Crippen LogP contribution in [0.1, 0.15) is 0 Å². The molecule has 1 aliphatic rings. The van der Waals surface area contributed by atoms with E-state index in [4.69, 9.17) is 0 Å². The lowest BCUT2D eigenvalue weighted by Gasteiger charge is -2.17. The van der Waals surface area contributed by atoms with Gasteiger partial charge in [-0.2, -0.15) is 0 Å².